The number of rotatable bonds is 7. The summed E-state index contributed by atoms with van der Waals surface area (Å²) in [5.41, 5.74) is 1.03. The maximum absolute atomic E-state index is 12.5. The largest absolute Gasteiger partial charge is 0.373 e. The molecule has 0 fully saturated rings. The molecule has 0 aliphatic carbocycles. The van der Waals surface area contributed by atoms with Gasteiger partial charge >= 0.3 is 5.97 Å². The molecule has 0 saturated carbocycles. The summed E-state index contributed by atoms with van der Waals surface area (Å²) < 4.78 is 0. The average Bonchev–Trinajstić information content (AvgIpc) is 2.58. The zero-order chi connectivity index (χ0) is 15.8. The van der Waals surface area contributed by atoms with Crippen LogP contribution in [0, 0.1) is 0 Å². The van der Waals surface area contributed by atoms with Gasteiger partial charge in [0.2, 0.25) is 0 Å². The van der Waals surface area contributed by atoms with Crippen LogP contribution in [0.3, 0.4) is 0 Å². The lowest BCUT2D eigenvalue weighted by atomic mass is 9.98. The number of hydrogen-bond acceptors (Lipinski definition) is 4. The summed E-state index contributed by atoms with van der Waals surface area (Å²) >= 11 is 0. The predicted molar refractivity (Wildman–Crippen MR) is 82.6 cm³/mol. The van der Waals surface area contributed by atoms with Crippen LogP contribution in [-0.2, 0) is 9.78 Å². The maximum Gasteiger partial charge on any atom is 0.373 e. The first kappa shape index (κ1) is 15.9. The Morgan fingerprint density at radius 1 is 0.909 bits per heavy atom. The number of carbonyl (C=O) groups is 2. The van der Waals surface area contributed by atoms with Crippen LogP contribution in [0.5, 0.6) is 0 Å². The Hall–Kier alpha value is -2.46. The van der Waals surface area contributed by atoms with Gasteiger partial charge in [0.05, 0.1) is 12.2 Å². The molecule has 0 heterocycles. The number of benzene rings is 2. The molecule has 0 saturated heterocycles. The third kappa shape index (κ3) is 4.02. The lowest BCUT2D eigenvalue weighted by molar-refractivity contribution is -0.241. The number of ketones is 1. The topological polar surface area (TPSA) is 52.6 Å². The zero-order valence-electron chi connectivity index (χ0n) is 12.5. The van der Waals surface area contributed by atoms with Gasteiger partial charge in [0, 0.05) is 11.1 Å². The lowest BCUT2D eigenvalue weighted by Gasteiger charge is -2.08. The van der Waals surface area contributed by atoms with Crippen LogP contribution < -0.4 is 0 Å². The maximum atomic E-state index is 12.5. The summed E-state index contributed by atoms with van der Waals surface area (Å²) in [7, 11) is 0. The van der Waals surface area contributed by atoms with Crippen molar-refractivity contribution in [1.29, 1.82) is 0 Å². The van der Waals surface area contributed by atoms with Gasteiger partial charge in [-0.05, 0) is 12.5 Å². The quantitative estimate of drug-likeness (QED) is 0.337. The normalized spacial score (nSPS) is 10.2. The number of carbonyl (C=O) groups excluding carboxylic acids is 2. The first-order valence-electron chi connectivity index (χ1n) is 7.26. The Bertz CT molecular complexity index is 635. The Morgan fingerprint density at radius 2 is 1.55 bits per heavy atom. The van der Waals surface area contributed by atoms with Crippen LogP contribution in [-0.4, -0.2) is 18.4 Å². The van der Waals surface area contributed by atoms with Gasteiger partial charge in [-0.3, -0.25) is 9.68 Å². The van der Waals surface area contributed by atoms with E-state index in [0.717, 1.165) is 12.8 Å². The van der Waals surface area contributed by atoms with Crippen molar-refractivity contribution in [1.82, 2.24) is 0 Å². The molecular formula is C18H18O4. The minimum atomic E-state index is -0.656. The number of hydrogen-bond donors (Lipinski definition) is 0. The summed E-state index contributed by atoms with van der Waals surface area (Å²) in [5.74, 6) is -0.877. The van der Waals surface area contributed by atoms with E-state index >= 15 is 0 Å². The molecule has 0 atom stereocenters. The Labute approximate surface area is 129 Å². The molecule has 0 bridgehead atoms. The lowest BCUT2D eigenvalue weighted by Crippen LogP contribution is -2.13. The monoisotopic (exact) mass is 298 g/mol. The smallest absolute Gasteiger partial charge is 0.293 e. The highest BCUT2D eigenvalue weighted by Gasteiger charge is 2.19. The third-order valence-electron chi connectivity index (χ3n) is 3.14. The van der Waals surface area contributed by atoms with Gasteiger partial charge in [-0.15, -0.1) is 0 Å². The summed E-state index contributed by atoms with van der Waals surface area (Å²) in [5, 5.41) is 0. The Balaban J connectivity index is 2.16. The van der Waals surface area contributed by atoms with Crippen LogP contribution >= 0.6 is 0 Å². The number of unbranched alkanes of at least 4 members (excludes halogenated alkanes) is 1. The van der Waals surface area contributed by atoms with E-state index in [9.17, 15) is 9.59 Å². The molecule has 0 amide bonds. The van der Waals surface area contributed by atoms with Crippen molar-refractivity contribution >= 4 is 11.8 Å². The van der Waals surface area contributed by atoms with E-state index in [4.69, 9.17) is 9.78 Å². The molecule has 0 spiro atoms. The molecule has 4 heteroatoms. The Kier molecular flexibility index (Phi) is 5.86. The van der Waals surface area contributed by atoms with E-state index in [0.29, 0.717) is 17.7 Å². The standard InChI is InChI=1S/C18H18O4/c1-2-3-13-21-22-18(20)16-12-8-7-11-15(16)17(19)14-9-5-4-6-10-14/h4-12H,2-3,13H2,1H3. The van der Waals surface area contributed by atoms with Gasteiger partial charge < -0.3 is 0 Å². The molecule has 2 rings (SSSR count). The van der Waals surface area contributed by atoms with Crippen LogP contribution in [0.25, 0.3) is 0 Å². The molecule has 2 aromatic carbocycles. The van der Waals surface area contributed by atoms with Crippen molar-refractivity contribution in [3.63, 3.8) is 0 Å². The fourth-order valence-electron chi connectivity index (χ4n) is 1.95. The highest BCUT2D eigenvalue weighted by atomic mass is 17.2. The van der Waals surface area contributed by atoms with E-state index in [-0.39, 0.29) is 11.3 Å². The minimum Gasteiger partial charge on any atom is -0.293 e. The Morgan fingerprint density at radius 3 is 2.23 bits per heavy atom. The van der Waals surface area contributed by atoms with Gasteiger partial charge in [0.15, 0.2) is 5.78 Å². The zero-order valence-corrected chi connectivity index (χ0v) is 12.5. The van der Waals surface area contributed by atoms with Crippen molar-refractivity contribution in [2.24, 2.45) is 0 Å². The van der Waals surface area contributed by atoms with Gasteiger partial charge in [-0.25, -0.2) is 4.79 Å². The summed E-state index contributed by atoms with van der Waals surface area (Å²) in [6, 6.07) is 15.4. The molecule has 114 valence electrons. The first-order chi connectivity index (χ1) is 10.7. The van der Waals surface area contributed by atoms with Crippen LogP contribution in [0.1, 0.15) is 46.0 Å². The van der Waals surface area contributed by atoms with E-state index in [1.54, 1.807) is 48.5 Å². The van der Waals surface area contributed by atoms with Crippen molar-refractivity contribution in [3.05, 3.63) is 71.3 Å². The molecule has 0 N–H and O–H groups in total. The SMILES string of the molecule is CCCCOOC(=O)c1ccccc1C(=O)c1ccccc1. The molecule has 0 unspecified atom stereocenters. The minimum absolute atomic E-state index is 0.202. The van der Waals surface area contributed by atoms with Crippen molar-refractivity contribution < 1.29 is 19.4 Å². The van der Waals surface area contributed by atoms with Crippen LogP contribution in [0.2, 0.25) is 0 Å². The fraction of sp³-hybridized carbons (Fsp3) is 0.222. The molecule has 0 aromatic heterocycles. The van der Waals surface area contributed by atoms with Crippen molar-refractivity contribution in [3.8, 4) is 0 Å². The highest BCUT2D eigenvalue weighted by molar-refractivity contribution is 6.14. The van der Waals surface area contributed by atoms with Gasteiger partial charge in [-0.2, -0.15) is 4.89 Å². The second-order valence-corrected chi connectivity index (χ2v) is 4.79. The van der Waals surface area contributed by atoms with Crippen LogP contribution in [0.4, 0.5) is 0 Å². The van der Waals surface area contributed by atoms with Gasteiger partial charge in [-0.1, -0.05) is 61.9 Å². The van der Waals surface area contributed by atoms with E-state index in [1.165, 1.54) is 0 Å². The summed E-state index contributed by atoms with van der Waals surface area (Å²) in [4.78, 5) is 34.2. The van der Waals surface area contributed by atoms with Crippen LogP contribution in [0.15, 0.2) is 54.6 Å². The second kappa shape index (κ2) is 8.10. The molecule has 22 heavy (non-hydrogen) atoms. The first-order valence-corrected chi connectivity index (χ1v) is 7.26. The third-order valence-corrected chi connectivity index (χ3v) is 3.14. The van der Waals surface area contributed by atoms with Crippen molar-refractivity contribution in [2.75, 3.05) is 6.61 Å². The molecule has 2 aromatic rings. The predicted octanol–water partition coefficient (Wildman–Crippen LogP) is 3.81. The molecular weight excluding hydrogens is 280 g/mol. The van der Waals surface area contributed by atoms with Gasteiger partial charge in [0.25, 0.3) is 0 Å². The van der Waals surface area contributed by atoms with E-state index < -0.39 is 5.97 Å². The summed E-state index contributed by atoms with van der Waals surface area (Å²) in [6.07, 6.45) is 1.75. The molecule has 0 radical (unpaired) electrons. The van der Waals surface area contributed by atoms with Gasteiger partial charge in [0.1, 0.15) is 0 Å². The summed E-state index contributed by atoms with van der Waals surface area (Å²) in [6.45, 7) is 2.36. The van der Waals surface area contributed by atoms with E-state index in [2.05, 4.69) is 0 Å². The molecule has 0 aliphatic rings. The highest BCUT2D eigenvalue weighted by Crippen LogP contribution is 2.16. The van der Waals surface area contributed by atoms with E-state index in [1.807, 2.05) is 13.0 Å². The second-order valence-electron chi connectivity index (χ2n) is 4.79. The molecule has 4 nitrogen and oxygen atoms in total. The van der Waals surface area contributed by atoms with Crippen molar-refractivity contribution in [2.45, 2.75) is 19.8 Å². The average molecular weight is 298 g/mol. The molecule has 0 aliphatic heterocycles. The fourth-order valence-corrected chi connectivity index (χ4v) is 1.95.